The van der Waals surface area contributed by atoms with Crippen LogP contribution in [0.15, 0.2) is 48.5 Å². The van der Waals surface area contributed by atoms with Gasteiger partial charge in [0.25, 0.3) is 5.91 Å². The Morgan fingerprint density at radius 2 is 1.92 bits per heavy atom. The predicted octanol–water partition coefficient (Wildman–Crippen LogP) is 1.88. The third-order valence-electron chi connectivity index (χ3n) is 4.29. The smallest absolute Gasteiger partial charge is 0.255 e. The second kappa shape index (κ2) is 7.25. The molecular formula is C19H20N2O4. The summed E-state index contributed by atoms with van der Waals surface area (Å²) < 4.78 is 0. The summed E-state index contributed by atoms with van der Waals surface area (Å²) in [6.45, 7) is 1.52. The molecule has 1 heterocycles. The first-order chi connectivity index (χ1) is 12.0. The highest BCUT2D eigenvalue weighted by Gasteiger charge is 2.29. The van der Waals surface area contributed by atoms with Crippen LogP contribution in [0.25, 0.3) is 0 Å². The Kier molecular flexibility index (Phi) is 4.88. The molecule has 1 unspecified atom stereocenters. The number of nitrogens with one attached hydrogen (secondary N) is 1. The van der Waals surface area contributed by atoms with Gasteiger partial charge in [0.05, 0.1) is 5.56 Å². The lowest BCUT2D eigenvalue weighted by Gasteiger charge is -2.17. The Morgan fingerprint density at radius 1 is 1.16 bits per heavy atom. The second-order valence-corrected chi connectivity index (χ2v) is 6.24. The van der Waals surface area contributed by atoms with Crippen LogP contribution >= 0.6 is 0 Å². The molecule has 1 aliphatic rings. The zero-order chi connectivity index (χ0) is 17.8. The number of rotatable bonds is 5. The zero-order valence-electron chi connectivity index (χ0n) is 13.7. The number of amides is 2. The predicted molar refractivity (Wildman–Crippen MR) is 92.1 cm³/mol. The van der Waals surface area contributed by atoms with Crippen LogP contribution in [0.1, 0.15) is 22.3 Å². The minimum atomic E-state index is -0.425. The number of benzene rings is 2. The Labute approximate surface area is 145 Å². The average molecular weight is 340 g/mol. The van der Waals surface area contributed by atoms with Gasteiger partial charge in [-0.2, -0.15) is 0 Å². The highest BCUT2D eigenvalue weighted by molar-refractivity contribution is 5.97. The van der Waals surface area contributed by atoms with Crippen molar-refractivity contribution in [2.24, 2.45) is 5.92 Å². The highest BCUT2D eigenvalue weighted by atomic mass is 16.3. The molecule has 0 bridgehead atoms. The lowest BCUT2D eigenvalue weighted by atomic mass is 10.1. The fourth-order valence-electron chi connectivity index (χ4n) is 2.99. The molecule has 0 radical (unpaired) electrons. The van der Waals surface area contributed by atoms with Gasteiger partial charge in [-0.15, -0.1) is 0 Å². The molecule has 2 amide bonds. The minimum absolute atomic E-state index is 0.0411. The van der Waals surface area contributed by atoms with Crippen molar-refractivity contribution < 1.29 is 19.8 Å². The second-order valence-electron chi connectivity index (χ2n) is 6.24. The summed E-state index contributed by atoms with van der Waals surface area (Å²) >= 11 is 0. The average Bonchev–Trinajstić information content (AvgIpc) is 2.93. The van der Waals surface area contributed by atoms with E-state index in [2.05, 4.69) is 5.32 Å². The maximum Gasteiger partial charge on any atom is 0.255 e. The molecule has 130 valence electrons. The van der Waals surface area contributed by atoms with Gasteiger partial charge in [0.1, 0.15) is 11.5 Å². The molecule has 3 N–H and O–H groups in total. The molecule has 2 aromatic carbocycles. The largest absolute Gasteiger partial charge is 0.508 e. The van der Waals surface area contributed by atoms with Crippen molar-refractivity contribution in [1.82, 2.24) is 10.2 Å². The molecule has 0 saturated carbocycles. The maximum atomic E-state index is 12.1. The van der Waals surface area contributed by atoms with Crippen LogP contribution in [0.3, 0.4) is 0 Å². The molecule has 3 rings (SSSR count). The molecule has 1 fully saturated rings. The van der Waals surface area contributed by atoms with E-state index in [4.69, 9.17) is 0 Å². The van der Waals surface area contributed by atoms with Gasteiger partial charge < -0.3 is 20.4 Å². The van der Waals surface area contributed by atoms with E-state index in [0.29, 0.717) is 26.1 Å². The van der Waals surface area contributed by atoms with Gasteiger partial charge in [-0.25, -0.2) is 0 Å². The van der Waals surface area contributed by atoms with Gasteiger partial charge >= 0.3 is 0 Å². The number of carbonyl (C=O) groups is 2. The number of carbonyl (C=O) groups excluding carboxylic acids is 2. The van der Waals surface area contributed by atoms with Crippen LogP contribution in [0.2, 0.25) is 0 Å². The first-order valence-electron chi connectivity index (χ1n) is 8.15. The number of phenols is 2. The Bertz CT molecular complexity index is 776. The Morgan fingerprint density at radius 3 is 2.64 bits per heavy atom. The zero-order valence-corrected chi connectivity index (χ0v) is 13.7. The van der Waals surface area contributed by atoms with Crippen LogP contribution in [0.5, 0.6) is 11.5 Å². The Hall–Kier alpha value is -3.02. The molecule has 1 saturated heterocycles. The standard InChI is InChI=1S/C19H20N2O4/c22-15-6-7-16(17(23)9-15)19(25)20-10-14-8-18(24)21(12-14)11-13-4-2-1-3-5-13/h1-7,9,14,22-23H,8,10-12H2,(H,20,25). The van der Waals surface area contributed by atoms with Crippen molar-refractivity contribution in [3.8, 4) is 11.5 Å². The summed E-state index contributed by atoms with van der Waals surface area (Å²) in [7, 11) is 0. The summed E-state index contributed by atoms with van der Waals surface area (Å²) in [6, 6.07) is 13.6. The fraction of sp³-hybridized carbons (Fsp3) is 0.263. The van der Waals surface area contributed by atoms with Crippen molar-refractivity contribution in [2.75, 3.05) is 13.1 Å². The van der Waals surface area contributed by atoms with Gasteiger partial charge in [0, 0.05) is 38.0 Å². The molecule has 2 aromatic rings. The monoisotopic (exact) mass is 340 g/mol. The summed E-state index contributed by atoms with van der Waals surface area (Å²) in [6.07, 6.45) is 0.397. The molecule has 0 aromatic heterocycles. The summed E-state index contributed by atoms with van der Waals surface area (Å²) in [5, 5.41) is 21.7. The number of hydrogen-bond donors (Lipinski definition) is 3. The number of likely N-dealkylation sites (tertiary alicyclic amines) is 1. The quantitative estimate of drug-likeness (QED) is 0.775. The number of phenolic OH excluding ortho intramolecular Hbond substituents is 2. The van der Waals surface area contributed by atoms with Gasteiger partial charge in [-0.1, -0.05) is 30.3 Å². The van der Waals surface area contributed by atoms with E-state index in [9.17, 15) is 19.8 Å². The van der Waals surface area contributed by atoms with Crippen molar-refractivity contribution in [3.63, 3.8) is 0 Å². The van der Waals surface area contributed by atoms with E-state index in [1.807, 2.05) is 30.3 Å². The highest BCUT2D eigenvalue weighted by Crippen LogP contribution is 2.23. The van der Waals surface area contributed by atoms with Crippen molar-refractivity contribution in [1.29, 1.82) is 0 Å². The lowest BCUT2D eigenvalue weighted by Crippen LogP contribution is -2.31. The van der Waals surface area contributed by atoms with Crippen LogP contribution in [-0.4, -0.2) is 40.0 Å². The van der Waals surface area contributed by atoms with Crippen LogP contribution < -0.4 is 5.32 Å². The SMILES string of the molecule is O=C(NCC1CC(=O)N(Cc2ccccc2)C1)c1ccc(O)cc1O. The fourth-order valence-corrected chi connectivity index (χ4v) is 2.99. The van der Waals surface area contributed by atoms with E-state index in [1.165, 1.54) is 12.1 Å². The molecule has 0 spiro atoms. The summed E-state index contributed by atoms with van der Waals surface area (Å²) in [4.78, 5) is 26.1. The van der Waals surface area contributed by atoms with E-state index >= 15 is 0 Å². The maximum absolute atomic E-state index is 12.1. The van der Waals surface area contributed by atoms with Crippen molar-refractivity contribution in [2.45, 2.75) is 13.0 Å². The first kappa shape index (κ1) is 16.8. The summed E-state index contributed by atoms with van der Waals surface area (Å²) in [5.74, 6) is -0.681. The van der Waals surface area contributed by atoms with E-state index in [1.54, 1.807) is 4.90 Å². The third-order valence-corrected chi connectivity index (χ3v) is 4.29. The van der Waals surface area contributed by atoms with Gasteiger partial charge in [0.15, 0.2) is 0 Å². The third kappa shape index (κ3) is 4.09. The number of aromatic hydroxyl groups is 2. The molecule has 6 nitrogen and oxygen atoms in total. The molecule has 0 aliphatic carbocycles. The van der Waals surface area contributed by atoms with Gasteiger partial charge in [-0.05, 0) is 17.7 Å². The Balaban J connectivity index is 1.54. The lowest BCUT2D eigenvalue weighted by molar-refractivity contribution is -0.128. The van der Waals surface area contributed by atoms with Crippen LogP contribution in [0, 0.1) is 5.92 Å². The van der Waals surface area contributed by atoms with E-state index < -0.39 is 5.91 Å². The molecule has 6 heteroatoms. The van der Waals surface area contributed by atoms with Gasteiger partial charge in [0.2, 0.25) is 5.91 Å². The molecule has 25 heavy (non-hydrogen) atoms. The topological polar surface area (TPSA) is 89.9 Å². The first-order valence-corrected chi connectivity index (χ1v) is 8.15. The van der Waals surface area contributed by atoms with Crippen LogP contribution in [-0.2, 0) is 11.3 Å². The molecule has 1 atom stereocenters. The number of hydrogen-bond acceptors (Lipinski definition) is 4. The van der Waals surface area contributed by atoms with E-state index in [-0.39, 0.29) is 28.9 Å². The molecular weight excluding hydrogens is 320 g/mol. The number of nitrogens with zero attached hydrogens (tertiary/aromatic N) is 1. The normalized spacial score (nSPS) is 16.9. The summed E-state index contributed by atoms with van der Waals surface area (Å²) in [5.41, 5.74) is 1.18. The van der Waals surface area contributed by atoms with E-state index in [0.717, 1.165) is 11.6 Å². The van der Waals surface area contributed by atoms with Gasteiger partial charge in [-0.3, -0.25) is 9.59 Å². The minimum Gasteiger partial charge on any atom is -0.508 e. The molecule has 1 aliphatic heterocycles. The van der Waals surface area contributed by atoms with Crippen molar-refractivity contribution in [3.05, 3.63) is 59.7 Å². The van der Waals surface area contributed by atoms with Crippen molar-refractivity contribution >= 4 is 11.8 Å². The van der Waals surface area contributed by atoms with Crippen LogP contribution in [0.4, 0.5) is 0 Å².